The average Bonchev–Trinajstić information content (AvgIpc) is 3.58. The second-order valence-electron chi connectivity index (χ2n) is 12.9. The van der Waals surface area contributed by atoms with Crippen LogP contribution in [0, 0.1) is 0 Å². The van der Waals surface area contributed by atoms with Crippen molar-refractivity contribution in [2.24, 2.45) is 0 Å². The average molecular weight is 638 g/mol. The molecule has 50 heavy (non-hydrogen) atoms. The topological polar surface area (TPSA) is 16.4 Å². The molecule has 2 heteroatoms. The zero-order chi connectivity index (χ0) is 33.0. The fourth-order valence-corrected chi connectivity index (χ4v) is 7.74. The van der Waals surface area contributed by atoms with E-state index in [9.17, 15) is 0 Å². The molecular formula is C48H31NO. The summed E-state index contributed by atoms with van der Waals surface area (Å²) in [6.07, 6.45) is 0. The number of benzene rings is 9. The van der Waals surface area contributed by atoms with E-state index in [1.165, 1.54) is 60.0 Å². The minimum absolute atomic E-state index is 0.913. The summed E-state index contributed by atoms with van der Waals surface area (Å²) in [5.41, 5.74) is 9.85. The Morgan fingerprint density at radius 1 is 0.280 bits per heavy atom. The van der Waals surface area contributed by atoms with Gasteiger partial charge in [-0.25, -0.2) is 0 Å². The Balaban J connectivity index is 1.28. The van der Waals surface area contributed by atoms with Gasteiger partial charge in [0.2, 0.25) is 0 Å². The predicted molar refractivity (Wildman–Crippen MR) is 212 cm³/mol. The molecule has 10 aromatic rings. The van der Waals surface area contributed by atoms with Gasteiger partial charge in [-0.05, 0) is 110 Å². The molecule has 10 rings (SSSR count). The van der Waals surface area contributed by atoms with Gasteiger partial charge < -0.3 is 9.32 Å². The van der Waals surface area contributed by atoms with Crippen LogP contribution in [0.2, 0.25) is 0 Å². The van der Waals surface area contributed by atoms with Gasteiger partial charge in [0.1, 0.15) is 11.2 Å². The van der Waals surface area contributed by atoms with Crippen molar-refractivity contribution in [3.8, 4) is 22.3 Å². The smallest absolute Gasteiger partial charge is 0.136 e. The van der Waals surface area contributed by atoms with Crippen LogP contribution in [0.3, 0.4) is 0 Å². The maximum absolute atomic E-state index is 6.39. The van der Waals surface area contributed by atoms with Crippen molar-refractivity contribution in [1.82, 2.24) is 0 Å². The lowest BCUT2D eigenvalue weighted by Gasteiger charge is -2.27. The standard InChI is InChI=1S/C48H31NO/c1-4-14-32(15-5-1)34-28-35(33-16-6-2-7-17-33)30-38(29-34)49(36-18-8-3-9-19-36)37-24-25-40-39-20-10-11-21-41(39)47-42(44(40)31-37)26-27-46-48(47)43-22-12-13-23-45(43)50-46/h1-31H. The maximum Gasteiger partial charge on any atom is 0.136 e. The Kier molecular flexibility index (Phi) is 6.53. The highest BCUT2D eigenvalue weighted by Crippen LogP contribution is 2.45. The minimum Gasteiger partial charge on any atom is -0.456 e. The lowest BCUT2D eigenvalue weighted by atomic mass is 9.91. The fourth-order valence-electron chi connectivity index (χ4n) is 7.74. The third-order valence-electron chi connectivity index (χ3n) is 9.99. The van der Waals surface area contributed by atoms with Crippen LogP contribution in [0.1, 0.15) is 0 Å². The van der Waals surface area contributed by atoms with Gasteiger partial charge in [-0.3, -0.25) is 0 Å². The van der Waals surface area contributed by atoms with Crippen LogP contribution in [0.4, 0.5) is 17.1 Å². The first-order valence-corrected chi connectivity index (χ1v) is 17.1. The van der Waals surface area contributed by atoms with E-state index in [0.717, 1.165) is 33.6 Å². The number of nitrogens with zero attached hydrogens (tertiary/aromatic N) is 1. The highest BCUT2D eigenvalue weighted by atomic mass is 16.3. The molecule has 0 amide bonds. The van der Waals surface area contributed by atoms with Gasteiger partial charge in [0.15, 0.2) is 0 Å². The van der Waals surface area contributed by atoms with Gasteiger partial charge in [0.05, 0.1) is 0 Å². The van der Waals surface area contributed by atoms with Crippen LogP contribution >= 0.6 is 0 Å². The summed E-state index contributed by atoms with van der Waals surface area (Å²) in [5.74, 6) is 0. The zero-order valence-corrected chi connectivity index (χ0v) is 27.3. The van der Waals surface area contributed by atoms with E-state index in [1.807, 2.05) is 6.07 Å². The van der Waals surface area contributed by atoms with Crippen LogP contribution in [0.15, 0.2) is 192 Å². The predicted octanol–water partition coefficient (Wildman–Crippen LogP) is 13.8. The van der Waals surface area contributed by atoms with Gasteiger partial charge in [0, 0.05) is 33.2 Å². The molecule has 0 bridgehead atoms. The lowest BCUT2D eigenvalue weighted by Crippen LogP contribution is -2.10. The van der Waals surface area contributed by atoms with E-state index >= 15 is 0 Å². The largest absolute Gasteiger partial charge is 0.456 e. The van der Waals surface area contributed by atoms with E-state index in [1.54, 1.807) is 0 Å². The second kappa shape index (κ2) is 11.5. The summed E-state index contributed by atoms with van der Waals surface area (Å²) in [5, 5.41) is 9.69. The first kappa shape index (κ1) is 28.4. The van der Waals surface area contributed by atoms with Gasteiger partial charge in [-0.1, -0.05) is 127 Å². The number of rotatable bonds is 5. The van der Waals surface area contributed by atoms with Crippen LogP contribution < -0.4 is 4.90 Å². The molecule has 0 aliphatic heterocycles. The molecule has 0 unspecified atom stereocenters. The molecule has 0 saturated carbocycles. The zero-order valence-electron chi connectivity index (χ0n) is 27.3. The molecule has 234 valence electrons. The molecule has 0 saturated heterocycles. The van der Waals surface area contributed by atoms with Crippen molar-refractivity contribution in [1.29, 1.82) is 0 Å². The molecule has 1 aromatic heterocycles. The highest BCUT2D eigenvalue weighted by Gasteiger charge is 2.19. The molecular weight excluding hydrogens is 607 g/mol. The van der Waals surface area contributed by atoms with E-state index < -0.39 is 0 Å². The fraction of sp³-hybridized carbons (Fsp3) is 0. The normalized spacial score (nSPS) is 11.6. The highest BCUT2D eigenvalue weighted by molar-refractivity contribution is 6.34. The SMILES string of the molecule is c1ccc(-c2cc(-c3ccccc3)cc(N(c3ccccc3)c3ccc4c5ccccc5c5c(ccc6oc7ccccc7c65)c4c3)c2)cc1. The summed E-state index contributed by atoms with van der Waals surface area (Å²) in [6, 6.07) is 67.5. The van der Waals surface area contributed by atoms with Crippen LogP contribution in [-0.4, -0.2) is 0 Å². The Hall–Kier alpha value is -6.64. The van der Waals surface area contributed by atoms with Crippen molar-refractivity contribution in [3.63, 3.8) is 0 Å². The molecule has 0 N–H and O–H groups in total. The number of para-hydroxylation sites is 2. The van der Waals surface area contributed by atoms with Crippen LogP contribution in [-0.2, 0) is 0 Å². The third kappa shape index (κ3) is 4.57. The third-order valence-corrected chi connectivity index (χ3v) is 9.99. The van der Waals surface area contributed by atoms with Crippen molar-refractivity contribution in [2.75, 3.05) is 4.90 Å². The number of hydrogen-bond donors (Lipinski definition) is 0. The van der Waals surface area contributed by atoms with E-state index in [0.29, 0.717) is 0 Å². The van der Waals surface area contributed by atoms with Gasteiger partial charge in [-0.15, -0.1) is 0 Å². The molecule has 1 heterocycles. The van der Waals surface area contributed by atoms with Crippen molar-refractivity contribution in [2.45, 2.75) is 0 Å². The molecule has 0 atom stereocenters. The van der Waals surface area contributed by atoms with Gasteiger partial charge in [0.25, 0.3) is 0 Å². The first-order chi connectivity index (χ1) is 24.8. The van der Waals surface area contributed by atoms with Gasteiger partial charge >= 0.3 is 0 Å². The van der Waals surface area contributed by atoms with E-state index in [-0.39, 0.29) is 0 Å². The number of hydrogen-bond acceptors (Lipinski definition) is 2. The van der Waals surface area contributed by atoms with Crippen LogP contribution in [0.5, 0.6) is 0 Å². The number of fused-ring (bicyclic) bond motifs is 10. The maximum atomic E-state index is 6.39. The molecule has 9 aromatic carbocycles. The minimum atomic E-state index is 0.913. The quantitative estimate of drug-likeness (QED) is 0.175. The van der Waals surface area contributed by atoms with Crippen molar-refractivity contribution >= 4 is 71.3 Å². The number of furan rings is 1. The molecule has 0 spiro atoms. The Morgan fingerprint density at radius 3 is 1.52 bits per heavy atom. The van der Waals surface area contributed by atoms with Crippen molar-refractivity contribution < 1.29 is 4.42 Å². The molecule has 0 radical (unpaired) electrons. The Morgan fingerprint density at radius 2 is 0.820 bits per heavy atom. The Labute approximate surface area is 290 Å². The Bertz CT molecular complexity index is 2800. The van der Waals surface area contributed by atoms with Crippen LogP contribution in [0.25, 0.3) is 76.5 Å². The second-order valence-corrected chi connectivity index (χ2v) is 12.9. The summed E-state index contributed by atoms with van der Waals surface area (Å²) >= 11 is 0. The molecule has 0 fully saturated rings. The van der Waals surface area contributed by atoms with Gasteiger partial charge in [-0.2, -0.15) is 0 Å². The lowest BCUT2D eigenvalue weighted by molar-refractivity contribution is 0.669. The van der Waals surface area contributed by atoms with E-state index in [4.69, 9.17) is 4.42 Å². The number of anilines is 3. The summed E-state index contributed by atoms with van der Waals surface area (Å²) in [6.45, 7) is 0. The first-order valence-electron chi connectivity index (χ1n) is 17.1. The molecule has 2 nitrogen and oxygen atoms in total. The molecule has 0 aliphatic rings. The monoisotopic (exact) mass is 637 g/mol. The van der Waals surface area contributed by atoms with E-state index in [2.05, 4.69) is 187 Å². The summed E-state index contributed by atoms with van der Waals surface area (Å²) in [4.78, 5) is 2.39. The summed E-state index contributed by atoms with van der Waals surface area (Å²) in [7, 11) is 0. The van der Waals surface area contributed by atoms with Crippen molar-refractivity contribution in [3.05, 3.63) is 188 Å². The molecule has 0 aliphatic carbocycles. The summed E-state index contributed by atoms with van der Waals surface area (Å²) < 4.78 is 6.39.